The van der Waals surface area contributed by atoms with Gasteiger partial charge in [0, 0.05) is 5.38 Å². The van der Waals surface area contributed by atoms with Gasteiger partial charge in [-0.2, -0.15) is 13.2 Å². The lowest BCUT2D eigenvalue weighted by atomic mass is 10.1. The van der Waals surface area contributed by atoms with Crippen LogP contribution in [0.15, 0.2) is 23.1 Å². The molecule has 0 saturated heterocycles. The molecule has 112 valence electrons. The summed E-state index contributed by atoms with van der Waals surface area (Å²) in [4.78, 5) is -1.05. The van der Waals surface area contributed by atoms with Crippen LogP contribution in [0.5, 0.6) is 0 Å². The Hall–Kier alpha value is -0.820. The minimum atomic E-state index is -5.58. The van der Waals surface area contributed by atoms with Crippen molar-refractivity contribution in [2.45, 2.75) is 35.0 Å². The Morgan fingerprint density at radius 1 is 1.30 bits per heavy atom. The third kappa shape index (κ3) is 3.09. The zero-order chi connectivity index (χ0) is 15.1. The minimum Gasteiger partial charge on any atom is -0.214 e. The molecule has 0 spiro atoms. The van der Waals surface area contributed by atoms with Gasteiger partial charge in [0.2, 0.25) is 0 Å². The van der Waals surface area contributed by atoms with Crippen molar-refractivity contribution in [2.24, 2.45) is 5.92 Å². The maximum absolute atomic E-state index is 13.1. The van der Waals surface area contributed by atoms with Gasteiger partial charge in [-0.25, -0.2) is 12.8 Å². The zero-order valence-electron chi connectivity index (χ0n) is 10.1. The molecule has 0 heterocycles. The normalized spacial score (nSPS) is 18.1. The highest BCUT2D eigenvalue weighted by Gasteiger charge is 2.48. The average molecular weight is 331 g/mol. The molecule has 0 amide bonds. The van der Waals surface area contributed by atoms with E-state index >= 15 is 0 Å². The number of sulfone groups is 1. The summed E-state index contributed by atoms with van der Waals surface area (Å²) in [5, 5.41) is -0.442. The largest absolute Gasteiger partial charge is 0.501 e. The van der Waals surface area contributed by atoms with Crippen LogP contribution in [0.4, 0.5) is 17.6 Å². The maximum atomic E-state index is 13.1. The number of benzene rings is 1. The second-order valence-electron chi connectivity index (χ2n) is 4.76. The molecular formula is C12H11ClF4O2S. The quantitative estimate of drug-likeness (QED) is 0.623. The molecule has 1 unspecified atom stereocenters. The molecule has 0 N–H and O–H groups in total. The SMILES string of the molecule is O=S(=O)(c1cc(F)ccc1CC(Cl)C1CC1)C(F)(F)F. The van der Waals surface area contributed by atoms with Crippen molar-refractivity contribution in [3.63, 3.8) is 0 Å². The summed E-state index contributed by atoms with van der Waals surface area (Å²) in [6, 6.07) is 2.38. The van der Waals surface area contributed by atoms with E-state index in [1.807, 2.05) is 0 Å². The predicted molar refractivity (Wildman–Crippen MR) is 65.7 cm³/mol. The first kappa shape index (κ1) is 15.6. The fourth-order valence-corrected chi connectivity index (χ4v) is 3.34. The standard InChI is InChI=1S/C12H11ClF4O2S/c13-10(7-1-2-7)5-8-3-4-9(14)6-11(8)20(18,19)12(15,16)17/h3-4,6-7,10H,1-2,5H2. The molecule has 1 aromatic rings. The summed E-state index contributed by atoms with van der Waals surface area (Å²) in [5.41, 5.74) is -5.56. The Balaban J connectivity index is 2.43. The van der Waals surface area contributed by atoms with Crippen molar-refractivity contribution >= 4 is 21.4 Å². The Kier molecular flexibility index (Phi) is 4.03. The summed E-state index contributed by atoms with van der Waals surface area (Å²) >= 11 is 6.02. The van der Waals surface area contributed by atoms with Crippen LogP contribution in [0.2, 0.25) is 0 Å². The van der Waals surface area contributed by atoms with Gasteiger partial charge in [0.1, 0.15) is 5.82 Å². The average Bonchev–Trinajstić information content (AvgIpc) is 3.13. The van der Waals surface area contributed by atoms with Gasteiger partial charge in [0.25, 0.3) is 9.84 Å². The summed E-state index contributed by atoms with van der Waals surface area (Å²) < 4.78 is 73.8. The third-order valence-electron chi connectivity index (χ3n) is 3.17. The van der Waals surface area contributed by atoms with Gasteiger partial charge >= 0.3 is 5.51 Å². The molecule has 1 saturated carbocycles. The van der Waals surface area contributed by atoms with Crippen molar-refractivity contribution in [3.05, 3.63) is 29.6 Å². The first-order valence-electron chi connectivity index (χ1n) is 5.87. The Morgan fingerprint density at radius 2 is 1.90 bits per heavy atom. The summed E-state index contributed by atoms with van der Waals surface area (Å²) in [7, 11) is -5.58. The third-order valence-corrected chi connectivity index (χ3v) is 5.25. The van der Waals surface area contributed by atoms with E-state index in [1.54, 1.807) is 0 Å². The molecule has 0 aliphatic heterocycles. The number of alkyl halides is 4. The number of rotatable bonds is 4. The van der Waals surface area contributed by atoms with E-state index < -0.39 is 31.4 Å². The predicted octanol–water partition coefficient (Wildman–Crippen LogP) is 3.68. The fourth-order valence-electron chi connectivity index (χ4n) is 1.91. The van der Waals surface area contributed by atoms with E-state index in [0.29, 0.717) is 6.07 Å². The fraction of sp³-hybridized carbons (Fsp3) is 0.500. The van der Waals surface area contributed by atoms with Crippen molar-refractivity contribution in [2.75, 3.05) is 0 Å². The van der Waals surface area contributed by atoms with Gasteiger partial charge in [-0.3, -0.25) is 0 Å². The minimum absolute atomic E-state index is 0.0306. The molecule has 20 heavy (non-hydrogen) atoms. The van der Waals surface area contributed by atoms with Crippen LogP contribution in [0.25, 0.3) is 0 Å². The van der Waals surface area contributed by atoms with Crippen LogP contribution in [0, 0.1) is 11.7 Å². The van der Waals surface area contributed by atoms with Crippen LogP contribution >= 0.6 is 11.6 Å². The second-order valence-corrected chi connectivity index (χ2v) is 7.23. The van der Waals surface area contributed by atoms with E-state index in [0.717, 1.165) is 25.0 Å². The highest BCUT2D eigenvalue weighted by atomic mass is 35.5. The number of hydrogen-bond donors (Lipinski definition) is 0. The first-order chi connectivity index (χ1) is 9.13. The summed E-state index contributed by atoms with van der Waals surface area (Å²) in [6.45, 7) is 0. The van der Waals surface area contributed by atoms with E-state index in [9.17, 15) is 26.0 Å². The topological polar surface area (TPSA) is 34.1 Å². The highest BCUT2D eigenvalue weighted by molar-refractivity contribution is 7.92. The highest BCUT2D eigenvalue weighted by Crippen LogP contribution is 2.39. The van der Waals surface area contributed by atoms with Gasteiger partial charge in [0.15, 0.2) is 0 Å². The summed E-state index contributed by atoms with van der Waals surface area (Å²) in [5.74, 6) is -0.850. The molecule has 1 atom stereocenters. The molecule has 1 aliphatic rings. The number of halogens is 5. The molecule has 8 heteroatoms. The van der Waals surface area contributed by atoms with E-state index in [4.69, 9.17) is 11.6 Å². The van der Waals surface area contributed by atoms with E-state index in [2.05, 4.69) is 0 Å². The second kappa shape index (κ2) is 5.18. The molecule has 2 rings (SSSR count). The molecule has 1 fully saturated rings. The molecule has 0 bridgehead atoms. The van der Waals surface area contributed by atoms with Crippen molar-refractivity contribution in [3.8, 4) is 0 Å². The molecule has 0 aromatic heterocycles. The molecule has 1 aromatic carbocycles. The molecule has 1 aliphatic carbocycles. The van der Waals surface area contributed by atoms with Crippen LogP contribution in [-0.2, 0) is 16.3 Å². The van der Waals surface area contributed by atoms with Crippen LogP contribution in [-0.4, -0.2) is 19.3 Å². The number of hydrogen-bond acceptors (Lipinski definition) is 2. The zero-order valence-corrected chi connectivity index (χ0v) is 11.7. The van der Waals surface area contributed by atoms with Crippen LogP contribution < -0.4 is 0 Å². The molecule has 2 nitrogen and oxygen atoms in total. The van der Waals surface area contributed by atoms with Gasteiger partial charge in [0.05, 0.1) is 4.90 Å². The summed E-state index contributed by atoms with van der Waals surface area (Å²) in [6.07, 6.45) is 1.71. The molecular weight excluding hydrogens is 320 g/mol. The van der Waals surface area contributed by atoms with Gasteiger partial charge in [-0.1, -0.05) is 6.07 Å². The van der Waals surface area contributed by atoms with Crippen molar-refractivity contribution < 1.29 is 26.0 Å². The lowest BCUT2D eigenvalue weighted by Gasteiger charge is -2.15. The Labute approximate surface area is 118 Å². The maximum Gasteiger partial charge on any atom is 0.501 e. The van der Waals surface area contributed by atoms with Crippen molar-refractivity contribution in [1.29, 1.82) is 0 Å². The van der Waals surface area contributed by atoms with E-state index in [-0.39, 0.29) is 17.9 Å². The van der Waals surface area contributed by atoms with Gasteiger partial charge in [-0.05, 0) is 42.9 Å². The van der Waals surface area contributed by atoms with Crippen LogP contribution in [0.3, 0.4) is 0 Å². The van der Waals surface area contributed by atoms with Crippen molar-refractivity contribution in [1.82, 2.24) is 0 Å². The smallest absolute Gasteiger partial charge is 0.214 e. The van der Waals surface area contributed by atoms with Gasteiger partial charge < -0.3 is 0 Å². The Morgan fingerprint density at radius 3 is 2.40 bits per heavy atom. The lowest BCUT2D eigenvalue weighted by Crippen LogP contribution is -2.25. The van der Waals surface area contributed by atoms with Gasteiger partial charge in [-0.15, -0.1) is 11.6 Å². The lowest BCUT2D eigenvalue weighted by molar-refractivity contribution is -0.0436. The Bertz CT molecular complexity index is 608. The monoisotopic (exact) mass is 330 g/mol. The first-order valence-corrected chi connectivity index (χ1v) is 7.78. The van der Waals surface area contributed by atoms with E-state index in [1.165, 1.54) is 0 Å². The molecule has 0 radical (unpaired) electrons. The van der Waals surface area contributed by atoms with Crippen LogP contribution in [0.1, 0.15) is 18.4 Å².